The first-order chi connectivity index (χ1) is 7.61. The molecule has 0 amide bonds. The third-order valence-corrected chi connectivity index (χ3v) is 2.17. The number of ether oxygens (including phenoxy) is 1. The molecule has 0 saturated carbocycles. The summed E-state index contributed by atoms with van der Waals surface area (Å²) in [6, 6.07) is 6.90. The third-order valence-electron chi connectivity index (χ3n) is 2.17. The van der Waals surface area contributed by atoms with Crippen molar-refractivity contribution in [3.8, 4) is 5.75 Å². The Balaban J connectivity index is 2.56. The van der Waals surface area contributed by atoms with Crippen molar-refractivity contribution in [2.75, 3.05) is 6.61 Å². The maximum Gasteiger partial charge on any atom is 0.307 e. The van der Waals surface area contributed by atoms with Crippen LogP contribution in [0.1, 0.15) is 18.9 Å². The summed E-state index contributed by atoms with van der Waals surface area (Å²) >= 11 is 0. The van der Waals surface area contributed by atoms with Crippen LogP contribution in [0, 0.1) is 0 Å². The molecular formula is C12H16O4. The van der Waals surface area contributed by atoms with Gasteiger partial charge < -0.3 is 14.9 Å². The molecule has 0 aliphatic rings. The van der Waals surface area contributed by atoms with E-state index >= 15 is 0 Å². The number of aliphatic hydroxyl groups is 1. The van der Waals surface area contributed by atoms with Crippen molar-refractivity contribution in [2.45, 2.75) is 25.9 Å². The molecule has 4 heteroatoms. The summed E-state index contributed by atoms with van der Waals surface area (Å²) in [7, 11) is 0. The number of aliphatic hydroxyl groups excluding tert-OH is 1. The Morgan fingerprint density at radius 2 is 2.25 bits per heavy atom. The van der Waals surface area contributed by atoms with Gasteiger partial charge in [-0.1, -0.05) is 19.1 Å². The zero-order valence-electron chi connectivity index (χ0n) is 9.22. The highest BCUT2D eigenvalue weighted by Crippen LogP contribution is 2.14. The lowest BCUT2D eigenvalue weighted by Crippen LogP contribution is -2.16. The maximum absolute atomic E-state index is 10.5. The van der Waals surface area contributed by atoms with Crippen molar-refractivity contribution in [3.63, 3.8) is 0 Å². The molecule has 0 aliphatic heterocycles. The minimum absolute atomic E-state index is 0.0203. The van der Waals surface area contributed by atoms with Crippen molar-refractivity contribution < 1.29 is 19.7 Å². The van der Waals surface area contributed by atoms with Gasteiger partial charge in [0.25, 0.3) is 0 Å². The topological polar surface area (TPSA) is 66.8 Å². The van der Waals surface area contributed by atoms with Gasteiger partial charge >= 0.3 is 5.97 Å². The van der Waals surface area contributed by atoms with E-state index in [0.717, 1.165) is 0 Å². The van der Waals surface area contributed by atoms with Crippen LogP contribution in [0.4, 0.5) is 0 Å². The van der Waals surface area contributed by atoms with Crippen molar-refractivity contribution in [1.82, 2.24) is 0 Å². The number of hydrogen-bond donors (Lipinski definition) is 2. The molecule has 0 saturated heterocycles. The summed E-state index contributed by atoms with van der Waals surface area (Å²) in [5, 5.41) is 17.9. The van der Waals surface area contributed by atoms with Crippen molar-refractivity contribution in [3.05, 3.63) is 29.8 Å². The molecule has 0 aliphatic carbocycles. The number of aliphatic carboxylic acids is 1. The van der Waals surface area contributed by atoms with Crippen molar-refractivity contribution in [2.24, 2.45) is 0 Å². The Morgan fingerprint density at radius 3 is 2.88 bits per heavy atom. The number of carboxylic acids is 1. The van der Waals surface area contributed by atoms with Gasteiger partial charge in [0.15, 0.2) is 0 Å². The van der Waals surface area contributed by atoms with E-state index in [0.29, 0.717) is 17.7 Å². The summed E-state index contributed by atoms with van der Waals surface area (Å²) in [4.78, 5) is 10.5. The molecule has 1 atom stereocenters. The van der Waals surface area contributed by atoms with Gasteiger partial charge in [0.05, 0.1) is 12.5 Å². The minimum Gasteiger partial charge on any atom is -0.491 e. The fourth-order valence-corrected chi connectivity index (χ4v) is 1.23. The second-order valence-electron chi connectivity index (χ2n) is 3.59. The first-order valence-electron chi connectivity index (χ1n) is 5.23. The van der Waals surface area contributed by atoms with E-state index in [2.05, 4.69) is 0 Å². The average Bonchev–Trinajstić information content (AvgIpc) is 2.25. The number of rotatable bonds is 6. The zero-order chi connectivity index (χ0) is 12.0. The largest absolute Gasteiger partial charge is 0.491 e. The predicted octanol–water partition coefficient (Wildman–Crippen LogP) is 1.46. The molecule has 0 bridgehead atoms. The van der Waals surface area contributed by atoms with Crippen LogP contribution in [0.25, 0.3) is 0 Å². The van der Waals surface area contributed by atoms with Gasteiger partial charge in [-0.05, 0) is 24.1 Å². The Hall–Kier alpha value is -1.55. The van der Waals surface area contributed by atoms with Crippen LogP contribution >= 0.6 is 0 Å². The molecule has 1 aromatic carbocycles. The van der Waals surface area contributed by atoms with Crippen LogP contribution in [0.3, 0.4) is 0 Å². The maximum atomic E-state index is 10.5. The van der Waals surface area contributed by atoms with E-state index in [1.807, 2.05) is 6.92 Å². The summed E-state index contributed by atoms with van der Waals surface area (Å²) in [6.45, 7) is 2.10. The second kappa shape index (κ2) is 6.12. The van der Waals surface area contributed by atoms with Gasteiger partial charge in [0.1, 0.15) is 12.4 Å². The van der Waals surface area contributed by atoms with Crippen LogP contribution in [0.2, 0.25) is 0 Å². The Bertz CT molecular complexity index is 349. The smallest absolute Gasteiger partial charge is 0.307 e. The van der Waals surface area contributed by atoms with Gasteiger partial charge in [-0.25, -0.2) is 0 Å². The lowest BCUT2D eigenvalue weighted by atomic mass is 10.1. The zero-order valence-corrected chi connectivity index (χ0v) is 9.22. The van der Waals surface area contributed by atoms with Gasteiger partial charge in [-0.3, -0.25) is 4.79 Å². The molecule has 16 heavy (non-hydrogen) atoms. The van der Waals surface area contributed by atoms with E-state index in [-0.39, 0.29) is 13.0 Å². The third kappa shape index (κ3) is 4.31. The number of benzene rings is 1. The van der Waals surface area contributed by atoms with Crippen LogP contribution < -0.4 is 4.74 Å². The fraction of sp³-hybridized carbons (Fsp3) is 0.417. The quantitative estimate of drug-likeness (QED) is 0.767. The standard InChI is InChI=1S/C12H16O4/c1-2-10(13)8-16-11-5-3-4-9(6-11)7-12(14)15/h3-6,10,13H,2,7-8H2,1H3,(H,14,15). The highest BCUT2D eigenvalue weighted by molar-refractivity contribution is 5.70. The van der Waals surface area contributed by atoms with E-state index in [4.69, 9.17) is 9.84 Å². The first kappa shape index (κ1) is 12.5. The van der Waals surface area contributed by atoms with Crippen LogP contribution in [0.15, 0.2) is 24.3 Å². The van der Waals surface area contributed by atoms with Crippen molar-refractivity contribution >= 4 is 5.97 Å². The molecule has 0 aromatic heterocycles. The molecule has 2 N–H and O–H groups in total. The SMILES string of the molecule is CCC(O)COc1cccc(CC(=O)O)c1. The predicted molar refractivity (Wildman–Crippen MR) is 59.6 cm³/mol. The summed E-state index contributed by atoms with van der Waals surface area (Å²) in [6.07, 6.45) is 0.130. The molecule has 0 radical (unpaired) electrons. The molecule has 0 heterocycles. The summed E-state index contributed by atoms with van der Waals surface area (Å²) in [5.41, 5.74) is 0.691. The average molecular weight is 224 g/mol. The van der Waals surface area contributed by atoms with E-state index < -0.39 is 12.1 Å². The minimum atomic E-state index is -0.870. The van der Waals surface area contributed by atoms with Gasteiger partial charge in [0, 0.05) is 0 Å². The molecule has 1 unspecified atom stereocenters. The van der Waals surface area contributed by atoms with Crippen LogP contribution in [0.5, 0.6) is 5.75 Å². The Kier molecular flexibility index (Phi) is 4.79. The van der Waals surface area contributed by atoms with E-state index in [9.17, 15) is 9.90 Å². The monoisotopic (exact) mass is 224 g/mol. The van der Waals surface area contributed by atoms with E-state index in [1.54, 1.807) is 24.3 Å². The second-order valence-corrected chi connectivity index (χ2v) is 3.59. The van der Waals surface area contributed by atoms with E-state index in [1.165, 1.54) is 0 Å². The summed E-state index contributed by atoms with van der Waals surface area (Å²) < 4.78 is 5.34. The lowest BCUT2D eigenvalue weighted by molar-refractivity contribution is -0.136. The van der Waals surface area contributed by atoms with Crippen LogP contribution in [-0.4, -0.2) is 28.9 Å². The number of carboxylic acid groups (broad SMARTS) is 1. The fourth-order valence-electron chi connectivity index (χ4n) is 1.23. The lowest BCUT2D eigenvalue weighted by Gasteiger charge is -2.10. The van der Waals surface area contributed by atoms with Gasteiger partial charge in [-0.2, -0.15) is 0 Å². The molecule has 1 aromatic rings. The highest BCUT2D eigenvalue weighted by atomic mass is 16.5. The van der Waals surface area contributed by atoms with Crippen LogP contribution in [-0.2, 0) is 11.2 Å². The number of carbonyl (C=O) groups is 1. The highest BCUT2D eigenvalue weighted by Gasteiger charge is 2.04. The normalized spacial score (nSPS) is 12.1. The molecule has 1 rings (SSSR count). The molecule has 4 nitrogen and oxygen atoms in total. The molecule has 88 valence electrons. The first-order valence-corrected chi connectivity index (χ1v) is 5.23. The molecule has 0 spiro atoms. The van der Waals surface area contributed by atoms with Gasteiger partial charge in [0.2, 0.25) is 0 Å². The van der Waals surface area contributed by atoms with Gasteiger partial charge in [-0.15, -0.1) is 0 Å². The number of hydrogen-bond acceptors (Lipinski definition) is 3. The molecule has 0 fully saturated rings. The Morgan fingerprint density at radius 1 is 1.50 bits per heavy atom. The Labute approximate surface area is 94.5 Å². The molecular weight excluding hydrogens is 208 g/mol. The van der Waals surface area contributed by atoms with Crippen molar-refractivity contribution in [1.29, 1.82) is 0 Å². The summed E-state index contributed by atoms with van der Waals surface area (Å²) in [5.74, 6) is -0.281.